The summed E-state index contributed by atoms with van der Waals surface area (Å²) in [6.07, 6.45) is 2.49. The topological polar surface area (TPSA) is 61.9 Å². The fourth-order valence-corrected chi connectivity index (χ4v) is 1.45. The van der Waals surface area contributed by atoms with Crippen LogP contribution < -0.4 is 0 Å². The molecule has 0 radical (unpaired) electrons. The van der Waals surface area contributed by atoms with Gasteiger partial charge in [-0.1, -0.05) is 6.92 Å². The molecule has 0 saturated carbocycles. The second-order valence-electron chi connectivity index (χ2n) is 3.32. The Bertz CT molecular complexity index is 289. The van der Waals surface area contributed by atoms with Crippen molar-refractivity contribution >= 4 is 5.91 Å². The summed E-state index contributed by atoms with van der Waals surface area (Å²) in [4.78, 5) is 17.1. The number of aromatic amines is 1. The van der Waals surface area contributed by atoms with Crippen LogP contribution >= 0.6 is 0 Å². The predicted octanol–water partition coefficient (Wildman–Crippen LogP) is 0.287. The number of H-pyrrole nitrogens is 1. The molecule has 0 bridgehead atoms. The average Bonchev–Trinajstić information content (AvgIpc) is 2.53. The number of nitrogens with one attached hydrogen (secondary N) is 1. The molecule has 13 heavy (non-hydrogen) atoms. The summed E-state index contributed by atoms with van der Waals surface area (Å²) in [6.45, 7) is 3.85. The lowest BCUT2D eigenvalue weighted by molar-refractivity contribution is 0.0482. The van der Waals surface area contributed by atoms with Crippen LogP contribution in [0.5, 0.6) is 0 Å². The summed E-state index contributed by atoms with van der Waals surface area (Å²) in [6, 6.07) is 0. The molecule has 1 fully saturated rings. The van der Waals surface area contributed by atoms with Gasteiger partial charge in [-0.25, -0.2) is 4.98 Å². The summed E-state index contributed by atoms with van der Waals surface area (Å²) >= 11 is 0. The largest absolute Gasteiger partial charge is 0.335 e. The van der Waals surface area contributed by atoms with E-state index in [4.69, 9.17) is 0 Å². The molecule has 5 nitrogen and oxygen atoms in total. The summed E-state index contributed by atoms with van der Waals surface area (Å²) in [5.74, 6) is 0.976. The fourth-order valence-electron chi connectivity index (χ4n) is 1.45. The Kier molecular flexibility index (Phi) is 2.00. The lowest BCUT2D eigenvalue weighted by atomic mass is 9.97. The van der Waals surface area contributed by atoms with E-state index in [2.05, 4.69) is 22.1 Å². The number of carbonyl (C=O) groups is 1. The van der Waals surface area contributed by atoms with E-state index in [9.17, 15) is 4.79 Å². The molecule has 1 aliphatic heterocycles. The molecular formula is C8H12N4O. The van der Waals surface area contributed by atoms with Crippen molar-refractivity contribution in [1.82, 2.24) is 20.1 Å². The number of carbonyl (C=O) groups excluding carboxylic acids is 1. The molecule has 2 rings (SSSR count). The third-order valence-electron chi connectivity index (χ3n) is 2.44. The standard InChI is InChI=1S/C8H12N4O/c1-2-6-3-12(4-6)8(13)7-9-5-10-11-7/h5-6H,2-4H2,1H3,(H,9,10,11). The molecule has 0 unspecified atom stereocenters. The van der Waals surface area contributed by atoms with Crippen molar-refractivity contribution < 1.29 is 4.79 Å². The van der Waals surface area contributed by atoms with Crippen LogP contribution in [-0.4, -0.2) is 39.1 Å². The highest BCUT2D eigenvalue weighted by Gasteiger charge is 2.30. The van der Waals surface area contributed by atoms with E-state index in [-0.39, 0.29) is 5.91 Å². The van der Waals surface area contributed by atoms with Gasteiger partial charge in [0, 0.05) is 13.1 Å². The summed E-state index contributed by atoms with van der Waals surface area (Å²) in [5.41, 5.74) is 0. The van der Waals surface area contributed by atoms with Gasteiger partial charge in [-0.3, -0.25) is 9.89 Å². The number of amides is 1. The highest BCUT2D eigenvalue weighted by Crippen LogP contribution is 2.19. The van der Waals surface area contributed by atoms with E-state index in [1.54, 1.807) is 4.90 Å². The van der Waals surface area contributed by atoms with Crippen LogP contribution in [0.1, 0.15) is 24.0 Å². The van der Waals surface area contributed by atoms with Crippen LogP contribution in [0.2, 0.25) is 0 Å². The molecule has 1 aliphatic rings. The van der Waals surface area contributed by atoms with Gasteiger partial charge in [-0.15, -0.1) is 0 Å². The summed E-state index contributed by atoms with van der Waals surface area (Å²) < 4.78 is 0. The van der Waals surface area contributed by atoms with Crippen LogP contribution in [0, 0.1) is 5.92 Å². The summed E-state index contributed by atoms with van der Waals surface area (Å²) in [7, 11) is 0. The second kappa shape index (κ2) is 3.16. The number of aromatic nitrogens is 3. The lowest BCUT2D eigenvalue weighted by Crippen LogP contribution is -2.49. The van der Waals surface area contributed by atoms with E-state index >= 15 is 0 Å². The van der Waals surface area contributed by atoms with Crippen LogP contribution in [0.15, 0.2) is 6.33 Å². The maximum absolute atomic E-state index is 11.5. The Labute approximate surface area is 76.2 Å². The van der Waals surface area contributed by atoms with Gasteiger partial charge in [-0.05, 0) is 12.3 Å². The Morgan fingerprint density at radius 1 is 1.77 bits per heavy atom. The van der Waals surface area contributed by atoms with Gasteiger partial charge in [0.05, 0.1) is 0 Å². The van der Waals surface area contributed by atoms with Gasteiger partial charge in [0.25, 0.3) is 5.91 Å². The highest BCUT2D eigenvalue weighted by molar-refractivity contribution is 5.90. The van der Waals surface area contributed by atoms with Crippen molar-refractivity contribution in [2.24, 2.45) is 5.92 Å². The predicted molar refractivity (Wildman–Crippen MR) is 46.1 cm³/mol. The van der Waals surface area contributed by atoms with E-state index in [1.807, 2.05) is 0 Å². The van der Waals surface area contributed by atoms with Crippen molar-refractivity contribution in [1.29, 1.82) is 0 Å². The molecule has 0 aliphatic carbocycles. The van der Waals surface area contributed by atoms with Crippen molar-refractivity contribution in [2.75, 3.05) is 13.1 Å². The number of likely N-dealkylation sites (tertiary alicyclic amines) is 1. The molecule has 5 heteroatoms. The van der Waals surface area contributed by atoms with Gasteiger partial charge in [-0.2, -0.15) is 5.10 Å². The van der Waals surface area contributed by atoms with E-state index in [1.165, 1.54) is 6.33 Å². The maximum Gasteiger partial charge on any atom is 0.291 e. The Morgan fingerprint density at radius 3 is 3.08 bits per heavy atom. The van der Waals surface area contributed by atoms with Crippen LogP contribution in [0.4, 0.5) is 0 Å². The van der Waals surface area contributed by atoms with Gasteiger partial charge in [0.1, 0.15) is 6.33 Å². The Morgan fingerprint density at radius 2 is 2.54 bits per heavy atom. The van der Waals surface area contributed by atoms with Crippen molar-refractivity contribution in [3.8, 4) is 0 Å². The monoisotopic (exact) mass is 180 g/mol. The van der Waals surface area contributed by atoms with E-state index in [0.717, 1.165) is 19.5 Å². The minimum absolute atomic E-state index is 0.0396. The third-order valence-corrected chi connectivity index (χ3v) is 2.44. The first-order valence-electron chi connectivity index (χ1n) is 4.46. The molecular weight excluding hydrogens is 168 g/mol. The smallest absolute Gasteiger partial charge is 0.291 e. The molecule has 1 aromatic heterocycles. The van der Waals surface area contributed by atoms with Gasteiger partial charge < -0.3 is 4.90 Å². The second-order valence-corrected chi connectivity index (χ2v) is 3.32. The molecule has 1 aromatic rings. The normalized spacial score (nSPS) is 17.2. The van der Waals surface area contributed by atoms with E-state index in [0.29, 0.717) is 11.7 Å². The third kappa shape index (κ3) is 1.41. The maximum atomic E-state index is 11.5. The lowest BCUT2D eigenvalue weighted by Gasteiger charge is -2.38. The fraction of sp³-hybridized carbons (Fsp3) is 0.625. The number of rotatable bonds is 2. The van der Waals surface area contributed by atoms with Crippen LogP contribution in [0.3, 0.4) is 0 Å². The minimum Gasteiger partial charge on any atom is -0.335 e. The Balaban J connectivity index is 1.94. The quantitative estimate of drug-likeness (QED) is 0.711. The number of nitrogens with zero attached hydrogens (tertiary/aromatic N) is 3. The van der Waals surface area contributed by atoms with Gasteiger partial charge >= 0.3 is 0 Å². The minimum atomic E-state index is -0.0396. The van der Waals surface area contributed by atoms with Crippen LogP contribution in [0.25, 0.3) is 0 Å². The van der Waals surface area contributed by atoms with Crippen molar-refractivity contribution in [3.63, 3.8) is 0 Å². The van der Waals surface area contributed by atoms with Gasteiger partial charge in [0.15, 0.2) is 0 Å². The van der Waals surface area contributed by atoms with E-state index < -0.39 is 0 Å². The van der Waals surface area contributed by atoms with Crippen LogP contribution in [-0.2, 0) is 0 Å². The van der Waals surface area contributed by atoms with Crippen molar-refractivity contribution in [2.45, 2.75) is 13.3 Å². The SMILES string of the molecule is CCC1CN(C(=O)c2ncn[nH]2)C1. The Hall–Kier alpha value is -1.39. The molecule has 2 heterocycles. The molecule has 0 spiro atoms. The molecule has 0 atom stereocenters. The number of hydrogen-bond donors (Lipinski definition) is 1. The first-order chi connectivity index (χ1) is 6.31. The summed E-state index contributed by atoms with van der Waals surface area (Å²) in [5, 5.41) is 6.21. The molecule has 1 N–H and O–H groups in total. The molecule has 1 saturated heterocycles. The first kappa shape index (κ1) is 8.22. The zero-order valence-electron chi connectivity index (χ0n) is 7.53. The first-order valence-corrected chi connectivity index (χ1v) is 4.46. The molecule has 0 aromatic carbocycles. The number of hydrogen-bond acceptors (Lipinski definition) is 3. The molecule has 1 amide bonds. The van der Waals surface area contributed by atoms with Crippen molar-refractivity contribution in [3.05, 3.63) is 12.2 Å². The molecule has 70 valence electrons. The zero-order chi connectivity index (χ0) is 9.26. The average molecular weight is 180 g/mol. The van der Waals surface area contributed by atoms with Gasteiger partial charge in [0.2, 0.25) is 5.82 Å². The highest BCUT2D eigenvalue weighted by atomic mass is 16.2. The zero-order valence-corrected chi connectivity index (χ0v) is 7.53.